The van der Waals surface area contributed by atoms with E-state index in [1.54, 1.807) is 0 Å². The van der Waals surface area contributed by atoms with E-state index in [9.17, 15) is 13.2 Å². The molecule has 2 aliphatic carbocycles. The summed E-state index contributed by atoms with van der Waals surface area (Å²) >= 11 is 0. The number of hydrogen-bond acceptors (Lipinski definition) is 5. The predicted molar refractivity (Wildman–Crippen MR) is 79.5 cm³/mol. The van der Waals surface area contributed by atoms with Crippen molar-refractivity contribution in [2.45, 2.75) is 56.5 Å². The van der Waals surface area contributed by atoms with Crippen molar-refractivity contribution in [1.82, 2.24) is 9.97 Å². The summed E-state index contributed by atoms with van der Waals surface area (Å²) in [5, 5.41) is 3.36. The third-order valence-corrected chi connectivity index (χ3v) is 5.69. The van der Waals surface area contributed by atoms with Crippen LogP contribution in [0, 0.1) is 5.41 Å². The molecular weight excluding hydrogens is 323 g/mol. The number of alkyl halides is 3. The van der Waals surface area contributed by atoms with Gasteiger partial charge in [-0.1, -0.05) is 0 Å². The van der Waals surface area contributed by atoms with E-state index >= 15 is 0 Å². The summed E-state index contributed by atoms with van der Waals surface area (Å²) in [4.78, 5) is 8.55. The monoisotopic (exact) mass is 343 g/mol. The summed E-state index contributed by atoms with van der Waals surface area (Å²) in [6.45, 7) is 1.14. The van der Waals surface area contributed by atoms with Crippen molar-refractivity contribution < 1.29 is 22.6 Å². The van der Waals surface area contributed by atoms with Gasteiger partial charge in [0.1, 0.15) is 12.1 Å². The highest BCUT2D eigenvalue weighted by molar-refractivity contribution is 5.47. The van der Waals surface area contributed by atoms with Crippen LogP contribution < -0.4 is 5.32 Å². The topological polar surface area (TPSA) is 56.3 Å². The molecule has 0 aromatic carbocycles. The van der Waals surface area contributed by atoms with Crippen molar-refractivity contribution in [3.8, 4) is 0 Å². The van der Waals surface area contributed by atoms with Gasteiger partial charge in [-0.15, -0.1) is 0 Å². The molecule has 2 fully saturated rings. The lowest BCUT2D eigenvalue weighted by Gasteiger charge is -2.62. The fourth-order valence-corrected chi connectivity index (χ4v) is 4.47. The number of hydrogen-bond donors (Lipinski definition) is 1. The zero-order valence-electron chi connectivity index (χ0n) is 13.4. The third kappa shape index (κ3) is 2.38. The average molecular weight is 343 g/mol. The zero-order valence-corrected chi connectivity index (χ0v) is 13.4. The predicted octanol–water partition coefficient (Wildman–Crippen LogP) is 2.85. The van der Waals surface area contributed by atoms with Crippen molar-refractivity contribution in [3.63, 3.8) is 0 Å². The Labute approximate surface area is 138 Å². The van der Waals surface area contributed by atoms with Gasteiger partial charge in [0, 0.05) is 25.1 Å². The van der Waals surface area contributed by atoms with E-state index in [2.05, 4.69) is 15.3 Å². The quantitative estimate of drug-likeness (QED) is 0.915. The van der Waals surface area contributed by atoms with Gasteiger partial charge >= 0.3 is 6.18 Å². The molecule has 0 bridgehead atoms. The minimum absolute atomic E-state index is 0.0587. The highest BCUT2D eigenvalue weighted by Crippen LogP contribution is 2.66. The minimum Gasteiger partial charge on any atom is -0.376 e. The fourth-order valence-electron chi connectivity index (χ4n) is 4.47. The highest BCUT2D eigenvalue weighted by Gasteiger charge is 2.71. The van der Waals surface area contributed by atoms with Crippen molar-refractivity contribution in [2.75, 3.05) is 19.0 Å². The van der Waals surface area contributed by atoms with Crippen LogP contribution in [0.3, 0.4) is 0 Å². The van der Waals surface area contributed by atoms with Crippen LogP contribution in [0.25, 0.3) is 0 Å². The maximum Gasteiger partial charge on any atom is 0.417 e. The van der Waals surface area contributed by atoms with Crippen LogP contribution in [0.15, 0.2) is 6.33 Å². The Morgan fingerprint density at radius 1 is 1.29 bits per heavy atom. The van der Waals surface area contributed by atoms with Crippen molar-refractivity contribution in [2.24, 2.45) is 5.41 Å². The summed E-state index contributed by atoms with van der Waals surface area (Å²) < 4.78 is 49.6. The van der Waals surface area contributed by atoms with E-state index in [0.717, 1.165) is 30.6 Å². The average Bonchev–Trinajstić information content (AvgIpc) is 2.47. The second-order valence-corrected chi connectivity index (χ2v) is 7.25. The highest BCUT2D eigenvalue weighted by atomic mass is 19.4. The number of rotatable bonds is 3. The third-order valence-electron chi connectivity index (χ3n) is 5.69. The first-order valence-electron chi connectivity index (χ1n) is 8.15. The van der Waals surface area contributed by atoms with Gasteiger partial charge in [-0.3, -0.25) is 0 Å². The Balaban J connectivity index is 1.38. The van der Waals surface area contributed by atoms with E-state index in [-0.39, 0.29) is 24.3 Å². The molecule has 2 heterocycles. The Bertz CT molecular complexity index is 636. The van der Waals surface area contributed by atoms with Crippen LogP contribution in [0.5, 0.6) is 0 Å². The lowest BCUT2D eigenvalue weighted by molar-refractivity contribution is -0.335. The van der Waals surface area contributed by atoms with Gasteiger partial charge in [0.05, 0.1) is 18.9 Å². The molecule has 3 aliphatic rings. The Hall–Kier alpha value is -1.41. The van der Waals surface area contributed by atoms with Crippen LogP contribution in [-0.4, -0.2) is 41.5 Å². The first-order valence-corrected chi connectivity index (χ1v) is 8.15. The van der Waals surface area contributed by atoms with Gasteiger partial charge in [0.25, 0.3) is 0 Å². The Kier molecular flexibility index (Phi) is 3.55. The Morgan fingerprint density at radius 3 is 2.71 bits per heavy atom. The maximum atomic E-state index is 13.1. The summed E-state index contributed by atoms with van der Waals surface area (Å²) in [6.07, 6.45) is -0.449. The molecule has 5 nitrogen and oxygen atoms in total. The van der Waals surface area contributed by atoms with Crippen LogP contribution in [-0.2, 0) is 22.5 Å². The smallest absolute Gasteiger partial charge is 0.376 e. The molecule has 0 unspecified atom stereocenters. The van der Waals surface area contributed by atoms with Crippen molar-refractivity contribution >= 4 is 5.82 Å². The van der Waals surface area contributed by atoms with Gasteiger partial charge in [-0.25, -0.2) is 9.97 Å². The van der Waals surface area contributed by atoms with E-state index in [0.29, 0.717) is 26.1 Å². The summed E-state index contributed by atoms with van der Waals surface area (Å²) in [5.74, 6) is 0.757. The van der Waals surface area contributed by atoms with Crippen molar-refractivity contribution in [1.29, 1.82) is 0 Å². The second-order valence-electron chi connectivity index (χ2n) is 7.25. The standard InChI is InChI=1S/C16H20F3N3O2/c1-23-15(16(17,18)19)7-14(8-15)4-10(5-14)22-13-11-6-24-3-2-12(11)20-9-21-13/h9-10H,2-8H2,1H3,(H,20,21,22). The van der Waals surface area contributed by atoms with Crippen molar-refractivity contribution in [3.05, 3.63) is 17.6 Å². The van der Waals surface area contributed by atoms with E-state index in [4.69, 9.17) is 9.47 Å². The summed E-state index contributed by atoms with van der Waals surface area (Å²) in [6, 6.07) is 0.147. The molecule has 1 aromatic heterocycles. The normalized spacial score (nSPS) is 35.1. The number of nitrogens with zero attached hydrogens (tertiary/aromatic N) is 2. The molecule has 24 heavy (non-hydrogen) atoms. The molecule has 8 heteroatoms. The number of aromatic nitrogens is 2. The van der Waals surface area contributed by atoms with Gasteiger partial charge in [-0.2, -0.15) is 13.2 Å². The number of methoxy groups -OCH3 is 1. The Morgan fingerprint density at radius 2 is 2.04 bits per heavy atom. The number of fused-ring (bicyclic) bond motifs is 1. The van der Waals surface area contributed by atoms with Gasteiger partial charge in [0.2, 0.25) is 0 Å². The van der Waals surface area contributed by atoms with Crippen LogP contribution in [0.1, 0.15) is 36.9 Å². The molecule has 1 aliphatic heterocycles. The maximum absolute atomic E-state index is 13.1. The molecule has 4 rings (SSSR count). The molecule has 1 N–H and O–H groups in total. The number of halogens is 3. The zero-order chi connectivity index (χ0) is 17.0. The summed E-state index contributed by atoms with van der Waals surface area (Å²) in [5.41, 5.74) is -0.223. The lowest BCUT2D eigenvalue weighted by atomic mass is 9.48. The molecular formula is C16H20F3N3O2. The largest absolute Gasteiger partial charge is 0.417 e. The van der Waals surface area contributed by atoms with E-state index in [1.165, 1.54) is 6.33 Å². The molecule has 132 valence electrons. The first kappa shape index (κ1) is 16.1. The fraction of sp³-hybridized carbons (Fsp3) is 0.750. The molecule has 2 saturated carbocycles. The number of ether oxygens (including phenoxy) is 2. The molecule has 0 saturated heterocycles. The molecule has 0 radical (unpaired) electrons. The number of anilines is 1. The first-order chi connectivity index (χ1) is 11.4. The lowest BCUT2D eigenvalue weighted by Crippen LogP contribution is -2.67. The molecule has 1 spiro atoms. The van der Waals surface area contributed by atoms with E-state index < -0.39 is 11.8 Å². The number of nitrogens with one attached hydrogen (secondary N) is 1. The van der Waals surface area contributed by atoms with Gasteiger partial charge in [-0.05, 0) is 31.1 Å². The molecule has 0 atom stereocenters. The minimum atomic E-state index is -4.30. The summed E-state index contributed by atoms with van der Waals surface area (Å²) in [7, 11) is 1.15. The van der Waals surface area contributed by atoms with Crippen LogP contribution >= 0.6 is 0 Å². The SMILES string of the molecule is COC1(C(F)(F)F)CC2(CC(Nc3ncnc4c3COCC4)C2)C1. The molecule has 0 amide bonds. The van der Waals surface area contributed by atoms with Crippen LogP contribution in [0.2, 0.25) is 0 Å². The second kappa shape index (κ2) is 5.29. The van der Waals surface area contributed by atoms with E-state index in [1.807, 2.05) is 0 Å². The molecule has 1 aromatic rings. The van der Waals surface area contributed by atoms with Crippen LogP contribution in [0.4, 0.5) is 19.0 Å². The van der Waals surface area contributed by atoms with Gasteiger partial charge in [0.15, 0.2) is 5.60 Å². The van der Waals surface area contributed by atoms with Gasteiger partial charge < -0.3 is 14.8 Å².